The number of amides is 2. The molecule has 0 atom stereocenters. The molecule has 6 nitrogen and oxygen atoms in total. The molecular weight excluding hydrogens is 327 g/mol. The van der Waals surface area contributed by atoms with Gasteiger partial charge in [0.15, 0.2) is 5.69 Å². The van der Waals surface area contributed by atoms with Crippen molar-refractivity contribution in [1.29, 1.82) is 0 Å². The third-order valence-electron chi connectivity index (χ3n) is 2.92. The number of carbonyl (C=O) groups excluding carboxylic acids is 2. The van der Waals surface area contributed by atoms with Gasteiger partial charge in [-0.05, 0) is 24.6 Å². The topological polar surface area (TPSA) is 84.2 Å². The van der Waals surface area contributed by atoms with Crippen molar-refractivity contribution in [3.8, 4) is 0 Å². The van der Waals surface area contributed by atoms with Gasteiger partial charge < -0.3 is 15.2 Å². The maximum Gasteiger partial charge on any atom is 0.405 e. The molecule has 0 saturated heterocycles. The lowest BCUT2D eigenvalue weighted by atomic mass is 10.1. The van der Waals surface area contributed by atoms with Crippen molar-refractivity contribution in [2.45, 2.75) is 19.5 Å². The molecule has 0 aliphatic rings. The fourth-order valence-corrected chi connectivity index (χ4v) is 1.82. The lowest BCUT2D eigenvalue weighted by molar-refractivity contribution is -0.138. The highest BCUT2D eigenvalue weighted by atomic mass is 19.4. The molecule has 2 aromatic rings. The van der Waals surface area contributed by atoms with E-state index in [0.717, 1.165) is 0 Å². The number of hydrogen-bond donors (Lipinski definition) is 2. The predicted octanol–water partition coefficient (Wildman–Crippen LogP) is 2.46. The molecular formula is C15H14F3N3O3. The highest BCUT2D eigenvalue weighted by Crippen LogP contribution is 2.14. The van der Waals surface area contributed by atoms with Crippen molar-refractivity contribution >= 4 is 17.5 Å². The first kappa shape index (κ1) is 17.5. The standard InChI is InChI=1S/C15H14F3N3O3/c1-9-6-12(21-24-9)14(23)20-11-4-2-10(3-5-11)7-13(22)19-8-15(16,17)18/h2-6H,7-8H2,1H3,(H,19,22)(H,20,23). The summed E-state index contributed by atoms with van der Waals surface area (Å²) in [5, 5.41) is 7.95. The maximum absolute atomic E-state index is 12.0. The van der Waals surface area contributed by atoms with Gasteiger partial charge in [-0.25, -0.2) is 0 Å². The molecule has 1 aromatic heterocycles. The minimum atomic E-state index is -4.44. The maximum atomic E-state index is 12.0. The van der Waals surface area contributed by atoms with Crippen molar-refractivity contribution in [2.75, 3.05) is 11.9 Å². The Kier molecular flexibility index (Phi) is 5.22. The van der Waals surface area contributed by atoms with Crippen LogP contribution in [-0.2, 0) is 11.2 Å². The van der Waals surface area contributed by atoms with Crippen LogP contribution in [0.2, 0.25) is 0 Å². The molecule has 0 fully saturated rings. The number of rotatable bonds is 5. The van der Waals surface area contributed by atoms with Gasteiger partial charge in [-0.15, -0.1) is 0 Å². The summed E-state index contributed by atoms with van der Waals surface area (Å²) >= 11 is 0. The van der Waals surface area contributed by atoms with Crippen molar-refractivity contribution in [2.24, 2.45) is 0 Å². The van der Waals surface area contributed by atoms with Gasteiger partial charge in [-0.2, -0.15) is 13.2 Å². The fourth-order valence-electron chi connectivity index (χ4n) is 1.82. The van der Waals surface area contributed by atoms with Crippen LogP contribution >= 0.6 is 0 Å². The normalized spacial score (nSPS) is 11.2. The Labute approximate surface area is 135 Å². The molecule has 2 N–H and O–H groups in total. The van der Waals surface area contributed by atoms with Gasteiger partial charge in [-0.3, -0.25) is 9.59 Å². The molecule has 9 heteroatoms. The highest BCUT2D eigenvalue weighted by Gasteiger charge is 2.27. The number of benzene rings is 1. The zero-order valence-electron chi connectivity index (χ0n) is 12.6. The summed E-state index contributed by atoms with van der Waals surface area (Å²) in [6, 6.07) is 7.64. The third-order valence-corrected chi connectivity index (χ3v) is 2.92. The smallest absolute Gasteiger partial charge is 0.361 e. The van der Waals surface area contributed by atoms with Crippen molar-refractivity contribution in [3.05, 3.63) is 47.3 Å². The lowest BCUT2D eigenvalue weighted by Crippen LogP contribution is -2.34. The Morgan fingerprint density at radius 3 is 2.42 bits per heavy atom. The Bertz CT molecular complexity index is 724. The van der Waals surface area contributed by atoms with E-state index in [4.69, 9.17) is 4.52 Å². The van der Waals surface area contributed by atoms with Gasteiger partial charge in [0.1, 0.15) is 12.3 Å². The van der Waals surface area contributed by atoms with Crippen LogP contribution in [0.5, 0.6) is 0 Å². The number of alkyl halides is 3. The van der Waals surface area contributed by atoms with E-state index in [0.29, 0.717) is 17.0 Å². The average Bonchev–Trinajstić information content (AvgIpc) is 2.93. The van der Waals surface area contributed by atoms with E-state index in [2.05, 4.69) is 10.5 Å². The molecule has 24 heavy (non-hydrogen) atoms. The third kappa shape index (κ3) is 5.41. The molecule has 2 amide bonds. The summed E-state index contributed by atoms with van der Waals surface area (Å²) in [6.45, 7) is 0.291. The summed E-state index contributed by atoms with van der Waals surface area (Å²) in [7, 11) is 0. The number of hydrogen-bond acceptors (Lipinski definition) is 4. The fraction of sp³-hybridized carbons (Fsp3) is 0.267. The summed E-state index contributed by atoms with van der Waals surface area (Å²) in [6.07, 6.45) is -4.63. The van der Waals surface area contributed by atoms with E-state index in [1.807, 2.05) is 0 Å². The number of anilines is 1. The van der Waals surface area contributed by atoms with Crippen molar-refractivity contribution < 1.29 is 27.3 Å². The average molecular weight is 341 g/mol. The van der Waals surface area contributed by atoms with Crippen LogP contribution in [-0.4, -0.2) is 29.7 Å². The second-order valence-electron chi connectivity index (χ2n) is 5.04. The molecule has 128 valence electrons. The van der Waals surface area contributed by atoms with Crippen LogP contribution in [0.25, 0.3) is 0 Å². The van der Waals surface area contributed by atoms with Crippen LogP contribution in [0.3, 0.4) is 0 Å². The first-order valence-electron chi connectivity index (χ1n) is 6.90. The monoisotopic (exact) mass is 341 g/mol. The van der Waals surface area contributed by atoms with Crippen molar-refractivity contribution in [3.63, 3.8) is 0 Å². The molecule has 0 spiro atoms. The molecule has 1 heterocycles. The summed E-state index contributed by atoms with van der Waals surface area (Å²) < 4.78 is 40.8. The van der Waals surface area contributed by atoms with Gasteiger partial charge in [0, 0.05) is 11.8 Å². The number of nitrogens with zero attached hydrogens (tertiary/aromatic N) is 1. The van der Waals surface area contributed by atoms with Crippen LogP contribution < -0.4 is 10.6 Å². The second kappa shape index (κ2) is 7.16. The van der Waals surface area contributed by atoms with Gasteiger partial charge in [0.2, 0.25) is 5.91 Å². The summed E-state index contributed by atoms with van der Waals surface area (Å²) in [5.74, 6) is -0.690. The first-order valence-corrected chi connectivity index (χ1v) is 6.90. The van der Waals surface area contributed by atoms with E-state index >= 15 is 0 Å². The van der Waals surface area contributed by atoms with E-state index in [1.54, 1.807) is 12.2 Å². The lowest BCUT2D eigenvalue weighted by Gasteiger charge is -2.09. The molecule has 0 unspecified atom stereocenters. The molecule has 0 saturated carbocycles. The van der Waals surface area contributed by atoms with Gasteiger partial charge in [-0.1, -0.05) is 17.3 Å². The number of halogens is 3. The highest BCUT2D eigenvalue weighted by molar-refractivity contribution is 6.02. The summed E-state index contributed by atoms with van der Waals surface area (Å²) in [4.78, 5) is 23.3. The Morgan fingerprint density at radius 2 is 1.88 bits per heavy atom. The van der Waals surface area contributed by atoms with Crippen LogP contribution in [0.4, 0.5) is 18.9 Å². The number of carbonyl (C=O) groups is 2. The van der Waals surface area contributed by atoms with Crippen LogP contribution in [0.15, 0.2) is 34.9 Å². The molecule has 1 aromatic carbocycles. The Morgan fingerprint density at radius 1 is 1.21 bits per heavy atom. The zero-order chi connectivity index (χ0) is 17.7. The zero-order valence-corrected chi connectivity index (χ0v) is 12.6. The van der Waals surface area contributed by atoms with E-state index in [1.165, 1.54) is 30.3 Å². The largest absolute Gasteiger partial charge is 0.405 e. The summed E-state index contributed by atoms with van der Waals surface area (Å²) in [5.41, 5.74) is 1.10. The number of nitrogens with one attached hydrogen (secondary N) is 2. The molecule has 0 radical (unpaired) electrons. The van der Waals surface area contributed by atoms with E-state index in [9.17, 15) is 22.8 Å². The van der Waals surface area contributed by atoms with E-state index < -0.39 is 24.5 Å². The minimum Gasteiger partial charge on any atom is -0.361 e. The predicted molar refractivity (Wildman–Crippen MR) is 78.4 cm³/mol. The molecule has 2 rings (SSSR count). The van der Waals surface area contributed by atoms with E-state index in [-0.39, 0.29) is 12.1 Å². The molecule has 0 bridgehead atoms. The van der Waals surface area contributed by atoms with Crippen molar-refractivity contribution in [1.82, 2.24) is 10.5 Å². The quantitative estimate of drug-likeness (QED) is 0.875. The minimum absolute atomic E-state index is 0.128. The van der Waals surface area contributed by atoms with Crippen LogP contribution in [0.1, 0.15) is 21.8 Å². The Balaban J connectivity index is 1.88. The number of aromatic nitrogens is 1. The molecule has 0 aliphatic heterocycles. The first-order chi connectivity index (χ1) is 11.2. The van der Waals surface area contributed by atoms with Gasteiger partial charge in [0.25, 0.3) is 5.91 Å². The Hall–Kier alpha value is -2.84. The second-order valence-corrected chi connectivity index (χ2v) is 5.04. The van der Waals surface area contributed by atoms with Gasteiger partial charge in [0.05, 0.1) is 6.42 Å². The molecule has 0 aliphatic carbocycles. The van der Waals surface area contributed by atoms with Gasteiger partial charge >= 0.3 is 6.18 Å². The number of aryl methyl sites for hydroxylation is 1. The SMILES string of the molecule is Cc1cc(C(=O)Nc2ccc(CC(=O)NCC(F)(F)F)cc2)no1. The van der Waals surface area contributed by atoms with Crippen LogP contribution in [0, 0.1) is 6.92 Å².